The maximum Gasteiger partial charge on any atom is 0.243 e. The second kappa shape index (κ2) is 6.91. The fourth-order valence-electron chi connectivity index (χ4n) is 2.87. The molecule has 1 atom stereocenters. The van der Waals surface area contributed by atoms with E-state index in [0.29, 0.717) is 13.2 Å². The first-order valence-corrected chi connectivity index (χ1v) is 7.80. The number of ether oxygens (including phenoxy) is 1. The number of benzene rings is 1. The average molecular weight is 289 g/mol. The normalized spacial score (nSPS) is 22.9. The highest BCUT2D eigenvalue weighted by molar-refractivity contribution is 5.95. The van der Waals surface area contributed by atoms with Crippen LogP contribution in [0.1, 0.15) is 19.3 Å². The minimum atomic E-state index is -0.250. The molecular weight excluding hydrogens is 266 g/mol. The van der Waals surface area contributed by atoms with Gasteiger partial charge >= 0.3 is 0 Å². The minimum absolute atomic E-state index is 0.0274. The fraction of sp³-hybridized carbons (Fsp3) is 0.562. The molecule has 2 heterocycles. The SMILES string of the molecule is O=C(Nc1ccc(N2CCCCC2)cc1)C1COCCN1. The van der Waals surface area contributed by atoms with Crippen molar-refractivity contribution in [3.05, 3.63) is 24.3 Å². The summed E-state index contributed by atoms with van der Waals surface area (Å²) in [5.74, 6) is -0.0274. The Balaban J connectivity index is 1.57. The van der Waals surface area contributed by atoms with Crippen LogP contribution >= 0.6 is 0 Å². The molecule has 114 valence electrons. The molecule has 0 spiro atoms. The first-order valence-electron chi connectivity index (χ1n) is 7.80. The van der Waals surface area contributed by atoms with Gasteiger partial charge in [0.15, 0.2) is 0 Å². The predicted molar refractivity (Wildman–Crippen MR) is 83.7 cm³/mol. The van der Waals surface area contributed by atoms with Crippen molar-refractivity contribution in [1.82, 2.24) is 5.32 Å². The van der Waals surface area contributed by atoms with E-state index >= 15 is 0 Å². The van der Waals surface area contributed by atoms with Gasteiger partial charge in [0.25, 0.3) is 0 Å². The molecule has 5 heteroatoms. The topological polar surface area (TPSA) is 53.6 Å². The molecule has 0 aromatic heterocycles. The zero-order valence-corrected chi connectivity index (χ0v) is 12.3. The number of piperidine rings is 1. The van der Waals surface area contributed by atoms with Crippen LogP contribution in [0.5, 0.6) is 0 Å². The maximum atomic E-state index is 12.1. The van der Waals surface area contributed by atoms with Gasteiger partial charge in [0.05, 0.1) is 13.2 Å². The highest BCUT2D eigenvalue weighted by Crippen LogP contribution is 2.21. The van der Waals surface area contributed by atoms with Gasteiger partial charge in [-0.15, -0.1) is 0 Å². The number of amides is 1. The highest BCUT2D eigenvalue weighted by atomic mass is 16.5. The Morgan fingerprint density at radius 3 is 2.62 bits per heavy atom. The van der Waals surface area contributed by atoms with Crippen molar-refractivity contribution in [2.75, 3.05) is 43.1 Å². The molecule has 2 N–H and O–H groups in total. The van der Waals surface area contributed by atoms with Gasteiger partial charge in [0.2, 0.25) is 5.91 Å². The molecule has 0 bridgehead atoms. The number of hydrogen-bond acceptors (Lipinski definition) is 4. The first-order chi connectivity index (χ1) is 10.3. The number of carbonyl (C=O) groups is 1. The summed E-state index contributed by atoms with van der Waals surface area (Å²) in [5, 5.41) is 6.10. The van der Waals surface area contributed by atoms with E-state index < -0.39 is 0 Å². The summed E-state index contributed by atoms with van der Waals surface area (Å²) >= 11 is 0. The predicted octanol–water partition coefficient (Wildman–Crippen LogP) is 1.60. The van der Waals surface area contributed by atoms with Crippen LogP contribution in [0.3, 0.4) is 0 Å². The lowest BCUT2D eigenvalue weighted by atomic mass is 10.1. The van der Waals surface area contributed by atoms with E-state index in [-0.39, 0.29) is 11.9 Å². The summed E-state index contributed by atoms with van der Waals surface area (Å²) in [7, 11) is 0. The molecule has 1 unspecified atom stereocenters. The second-order valence-corrected chi connectivity index (χ2v) is 5.67. The largest absolute Gasteiger partial charge is 0.378 e. The number of carbonyl (C=O) groups excluding carboxylic acids is 1. The minimum Gasteiger partial charge on any atom is -0.378 e. The summed E-state index contributed by atoms with van der Waals surface area (Å²) < 4.78 is 5.31. The van der Waals surface area contributed by atoms with Gasteiger partial charge in [-0.05, 0) is 43.5 Å². The van der Waals surface area contributed by atoms with Crippen LogP contribution < -0.4 is 15.5 Å². The Morgan fingerprint density at radius 1 is 1.19 bits per heavy atom. The van der Waals surface area contributed by atoms with Crippen LogP contribution in [0.4, 0.5) is 11.4 Å². The molecule has 0 aliphatic carbocycles. The average Bonchev–Trinajstić information content (AvgIpc) is 2.57. The van der Waals surface area contributed by atoms with Crippen LogP contribution in [0.15, 0.2) is 24.3 Å². The fourth-order valence-corrected chi connectivity index (χ4v) is 2.87. The van der Waals surface area contributed by atoms with Gasteiger partial charge in [-0.1, -0.05) is 0 Å². The first kappa shape index (κ1) is 14.4. The molecule has 2 saturated heterocycles. The molecule has 1 aromatic carbocycles. The van der Waals surface area contributed by atoms with Gasteiger partial charge in [0, 0.05) is 31.0 Å². The van der Waals surface area contributed by atoms with Crippen LogP contribution in [0, 0.1) is 0 Å². The second-order valence-electron chi connectivity index (χ2n) is 5.67. The summed E-state index contributed by atoms with van der Waals surface area (Å²) in [6.07, 6.45) is 3.87. The molecule has 5 nitrogen and oxygen atoms in total. The van der Waals surface area contributed by atoms with Crippen LogP contribution in [-0.4, -0.2) is 44.8 Å². The third kappa shape index (κ3) is 3.74. The van der Waals surface area contributed by atoms with E-state index in [1.54, 1.807) is 0 Å². The number of rotatable bonds is 3. The molecule has 2 aliphatic rings. The van der Waals surface area contributed by atoms with Crippen molar-refractivity contribution in [3.8, 4) is 0 Å². The van der Waals surface area contributed by atoms with Crippen LogP contribution in [-0.2, 0) is 9.53 Å². The van der Waals surface area contributed by atoms with Gasteiger partial charge in [-0.3, -0.25) is 4.79 Å². The summed E-state index contributed by atoms with van der Waals surface area (Å²) in [4.78, 5) is 14.5. The Labute approximate surface area is 125 Å². The van der Waals surface area contributed by atoms with Crippen molar-refractivity contribution < 1.29 is 9.53 Å². The van der Waals surface area contributed by atoms with Crippen molar-refractivity contribution >= 4 is 17.3 Å². The van der Waals surface area contributed by atoms with E-state index in [1.807, 2.05) is 12.1 Å². The van der Waals surface area contributed by atoms with Crippen LogP contribution in [0.2, 0.25) is 0 Å². The van der Waals surface area contributed by atoms with E-state index in [0.717, 1.165) is 25.3 Å². The Hall–Kier alpha value is -1.59. The van der Waals surface area contributed by atoms with Crippen molar-refractivity contribution in [1.29, 1.82) is 0 Å². The quantitative estimate of drug-likeness (QED) is 0.887. The lowest BCUT2D eigenvalue weighted by Gasteiger charge is -2.29. The summed E-state index contributed by atoms with van der Waals surface area (Å²) in [5.41, 5.74) is 2.08. The van der Waals surface area contributed by atoms with E-state index in [1.165, 1.54) is 24.9 Å². The van der Waals surface area contributed by atoms with E-state index in [9.17, 15) is 4.79 Å². The zero-order valence-electron chi connectivity index (χ0n) is 12.3. The Morgan fingerprint density at radius 2 is 1.95 bits per heavy atom. The van der Waals surface area contributed by atoms with Gasteiger partial charge in [-0.25, -0.2) is 0 Å². The maximum absolute atomic E-state index is 12.1. The number of nitrogens with one attached hydrogen (secondary N) is 2. The number of nitrogens with zero attached hydrogens (tertiary/aromatic N) is 1. The molecule has 21 heavy (non-hydrogen) atoms. The number of hydrogen-bond donors (Lipinski definition) is 2. The third-order valence-electron chi connectivity index (χ3n) is 4.09. The van der Waals surface area contributed by atoms with E-state index in [2.05, 4.69) is 27.7 Å². The Bertz CT molecular complexity index is 463. The smallest absolute Gasteiger partial charge is 0.243 e. The van der Waals surface area contributed by atoms with E-state index in [4.69, 9.17) is 4.74 Å². The third-order valence-corrected chi connectivity index (χ3v) is 4.09. The molecule has 1 aromatic rings. The molecule has 3 rings (SSSR count). The lowest BCUT2D eigenvalue weighted by Crippen LogP contribution is -2.48. The Kier molecular flexibility index (Phi) is 4.72. The lowest BCUT2D eigenvalue weighted by molar-refractivity contribution is -0.120. The van der Waals surface area contributed by atoms with Crippen molar-refractivity contribution in [2.24, 2.45) is 0 Å². The summed E-state index contributed by atoms with van der Waals surface area (Å²) in [6.45, 7) is 4.11. The monoisotopic (exact) mass is 289 g/mol. The van der Waals surface area contributed by atoms with Gasteiger partial charge in [0.1, 0.15) is 6.04 Å². The molecule has 2 fully saturated rings. The molecule has 0 radical (unpaired) electrons. The molecule has 1 amide bonds. The molecule has 2 aliphatic heterocycles. The highest BCUT2D eigenvalue weighted by Gasteiger charge is 2.21. The number of morpholine rings is 1. The molecular formula is C16H23N3O2. The van der Waals surface area contributed by atoms with Gasteiger partial charge in [-0.2, -0.15) is 0 Å². The molecule has 0 saturated carbocycles. The van der Waals surface area contributed by atoms with Crippen molar-refractivity contribution in [3.63, 3.8) is 0 Å². The number of anilines is 2. The van der Waals surface area contributed by atoms with Crippen molar-refractivity contribution in [2.45, 2.75) is 25.3 Å². The van der Waals surface area contributed by atoms with Crippen LogP contribution in [0.25, 0.3) is 0 Å². The summed E-state index contributed by atoms with van der Waals surface area (Å²) in [6, 6.07) is 7.88. The van der Waals surface area contributed by atoms with Gasteiger partial charge < -0.3 is 20.3 Å². The zero-order chi connectivity index (χ0) is 14.5. The standard InChI is InChI=1S/C16H23N3O2/c20-16(15-12-21-11-8-17-15)18-13-4-6-14(7-5-13)19-9-2-1-3-10-19/h4-7,15,17H,1-3,8-12H2,(H,18,20).